The minimum absolute atomic E-state index is 0.0838. The van der Waals surface area contributed by atoms with E-state index >= 15 is 0 Å². The van der Waals surface area contributed by atoms with Gasteiger partial charge in [-0.2, -0.15) is 0 Å². The maximum atomic E-state index is 9.55. The highest BCUT2D eigenvalue weighted by Gasteiger charge is 2.19. The Hall–Kier alpha value is -0.200. The first kappa shape index (κ1) is 14.8. The van der Waals surface area contributed by atoms with Crippen molar-refractivity contribution in [2.45, 2.75) is 32.7 Å². The molecule has 0 saturated heterocycles. The molecule has 2 N–H and O–H groups in total. The van der Waals surface area contributed by atoms with E-state index in [0.717, 1.165) is 0 Å². The third-order valence-electron chi connectivity index (χ3n) is 1.78. The van der Waals surface area contributed by atoms with Crippen molar-refractivity contribution in [2.75, 3.05) is 33.0 Å². The summed E-state index contributed by atoms with van der Waals surface area (Å²) in [5.74, 6) is 0. The Morgan fingerprint density at radius 3 is 2.33 bits per heavy atom. The summed E-state index contributed by atoms with van der Waals surface area (Å²) in [5.41, 5.74) is 0. The van der Waals surface area contributed by atoms with Crippen LogP contribution >= 0.6 is 0 Å². The molecule has 0 heterocycles. The second kappa shape index (κ2) is 10.3. The van der Waals surface area contributed by atoms with Gasteiger partial charge in [0, 0.05) is 26.2 Å². The van der Waals surface area contributed by atoms with E-state index in [0.29, 0.717) is 26.4 Å². The zero-order chi connectivity index (χ0) is 11.5. The lowest BCUT2D eigenvalue weighted by molar-refractivity contribution is -0.199. The molecule has 5 heteroatoms. The molecular weight excluding hydrogens is 200 g/mol. The zero-order valence-electron chi connectivity index (χ0n) is 9.52. The van der Waals surface area contributed by atoms with Crippen LogP contribution in [0, 0.1) is 0 Å². The van der Waals surface area contributed by atoms with Gasteiger partial charge < -0.3 is 24.4 Å². The molecule has 5 nitrogen and oxygen atoms in total. The molecule has 2 unspecified atom stereocenters. The minimum atomic E-state index is -0.795. The van der Waals surface area contributed by atoms with Crippen molar-refractivity contribution < 1.29 is 24.4 Å². The summed E-state index contributed by atoms with van der Waals surface area (Å²) < 4.78 is 15.6. The standard InChI is InChI=1S/C10H22O5/c1-3-13-7-8-15-10(14-4-2)9(12)5-6-11/h9-12H,3-8H2,1-2H3. The first-order valence-electron chi connectivity index (χ1n) is 5.36. The fourth-order valence-electron chi connectivity index (χ4n) is 1.07. The fraction of sp³-hybridized carbons (Fsp3) is 1.00. The molecular formula is C10H22O5. The van der Waals surface area contributed by atoms with Crippen LogP contribution in [0.25, 0.3) is 0 Å². The van der Waals surface area contributed by atoms with Crippen LogP contribution in [0.3, 0.4) is 0 Å². The quantitative estimate of drug-likeness (QED) is 0.406. The number of aliphatic hydroxyl groups is 2. The summed E-state index contributed by atoms with van der Waals surface area (Å²) >= 11 is 0. The number of ether oxygens (including phenoxy) is 3. The van der Waals surface area contributed by atoms with Crippen LogP contribution < -0.4 is 0 Å². The smallest absolute Gasteiger partial charge is 0.183 e. The van der Waals surface area contributed by atoms with Crippen molar-refractivity contribution in [1.82, 2.24) is 0 Å². The maximum absolute atomic E-state index is 9.55. The molecule has 0 aliphatic heterocycles. The number of hydrogen-bond acceptors (Lipinski definition) is 5. The summed E-state index contributed by atoms with van der Waals surface area (Å²) in [6.07, 6.45) is -1.22. The summed E-state index contributed by atoms with van der Waals surface area (Å²) in [7, 11) is 0. The summed E-state index contributed by atoms with van der Waals surface area (Å²) in [6.45, 7) is 5.60. The van der Waals surface area contributed by atoms with Crippen LogP contribution in [0.4, 0.5) is 0 Å². The third kappa shape index (κ3) is 7.70. The van der Waals surface area contributed by atoms with Crippen molar-refractivity contribution >= 4 is 0 Å². The van der Waals surface area contributed by atoms with E-state index in [1.54, 1.807) is 0 Å². The van der Waals surface area contributed by atoms with Crippen LogP contribution in [0.5, 0.6) is 0 Å². The number of aliphatic hydroxyl groups excluding tert-OH is 2. The number of hydrogen-bond donors (Lipinski definition) is 2. The van der Waals surface area contributed by atoms with Crippen LogP contribution in [-0.2, 0) is 14.2 Å². The Morgan fingerprint density at radius 1 is 1.07 bits per heavy atom. The molecule has 15 heavy (non-hydrogen) atoms. The first-order valence-corrected chi connectivity index (χ1v) is 5.36. The molecule has 0 spiro atoms. The second-order valence-electron chi connectivity index (χ2n) is 2.97. The van der Waals surface area contributed by atoms with Crippen LogP contribution in [0.15, 0.2) is 0 Å². The lowest BCUT2D eigenvalue weighted by Crippen LogP contribution is -2.33. The Balaban J connectivity index is 3.71. The molecule has 92 valence electrons. The SMILES string of the molecule is CCOCCOC(OCC)C(O)CCO. The Bertz CT molecular complexity index is 131. The Labute approximate surface area is 91.0 Å². The third-order valence-corrected chi connectivity index (χ3v) is 1.78. The normalized spacial score (nSPS) is 15.2. The Morgan fingerprint density at radius 2 is 1.80 bits per heavy atom. The van der Waals surface area contributed by atoms with Crippen molar-refractivity contribution in [3.8, 4) is 0 Å². The minimum Gasteiger partial charge on any atom is -0.396 e. The molecule has 0 aromatic rings. The molecule has 0 radical (unpaired) electrons. The summed E-state index contributed by atoms with van der Waals surface area (Å²) in [4.78, 5) is 0. The highest BCUT2D eigenvalue weighted by molar-refractivity contribution is 4.59. The van der Waals surface area contributed by atoms with E-state index in [9.17, 15) is 5.11 Å². The van der Waals surface area contributed by atoms with Gasteiger partial charge in [-0.3, -0.25) is 0 Å². The maximum Gasteiger partial charge on any atom is 0.183 e. The average Bonchev–Trinajstić information content (AvgIpc) is 2.23. The van der Waals surface area contributed by atoms with E-state index in [1.165, 1.54) is 0 Å². The lowest BCUT2D eigenvalue weighted by Gasteiger charge is -2.22. The van der Waals surface area contributed by atoms with Crippen molar-refractivity contribution in [3.05, 3.63) is 0 Å². The van der Waals surface area contributed by atoms with Gasteiger partial charge in [0.2, 0.25) is 0 Å². The van der Waals surface area contributed by atoms with Crippen LogP contribution in [0.2, 0.25) is 0 Å². The zero-order valence-corrected chi connectivity index (χ0v) is 9.52. The van der Waals surface area contributed by atoms with E-state index in [-0.39, 0.29) is 13.0 Å². The molecule has 0 aromatic carbocycles. The molecule has 0 aliphatic carbocycles. The van der Waals surface area contributed by atoms with Gasteiger partial charge in [-0.15, -0.1) is 0 Å². The van der Waals surface area contributed by atoms with Crippen molar-refractivity contribution in [3.63, 3.8) is 0 Å². The van der Waals surface area contributed by atoms with Crippen LogP contribution in [-0.4, -0.2) is 55.6 Å². The van der Waals surface area contributed by atoms with Gasteiger partial charge in [0.25, 0.3) is 0 Å². The van der Waals surface area contributed by atoms with Crippen molar-refractivity contribution in [1.29, 1.82) is 0 Å². The van der Waals surface area contributed by atoms with Gasteiger partial charge in [-0.05, 0) is 13.8 Å². The largest absolute Gasteiger partial charge is 0.396 e. The lowest BCUT2D eigenvalue weighted by atomic mass is 10.2. The monoisotopic (exact) mass is 222 g/mol. The molecule has 0 aliphatic rings. The molecule has 2 atom stereocenters. The highest BCUT2D eigenvalue weighted by atomic mass is 16.7. The predicted octanol–water partition coefficient (Wildman–Crippen LogP) is 0.145. The van der Waals surface area contributed by atoms with Gasteiger partial charge in [0.15, 0.2) is 6.29 Å². The predicted molar refractivity (Wildman–Crippen MR) is 55.6 cm³/mol. The molecule has 0 aromatic heterocycles. The molecule has 0 saturated carbocycles. The first-order chi connectivity index (χ1) is 7.26. The van der Waals surface area contributed by atoms with Crippen LogP contribution in [0.1, 0.15) is 20.3 Å². The summed E-state index contributed by atoms with van der Waals surface area (Å²) in [6, 6.07) is 0. The van der Waals surface area contributed by atoms with Crippen molar-refractivity contribution in [2.24, 2.45) is 0 Å². The molecule has 0 bridgehead atoms. The highest BCUT2D eigenvalue weighted by Crippen LogP contribution is 2.05. The van der Waals surface area contributed by atoms with Gasteiger partial charge in [-0.25, -0.2) is 0 Å². The van der Waals surface area contributed by atoms with Gasteiger partial charge in [0.05, 0.1) is 13.2 Å². The van der Waals surface area contributed by atoms with E-state index < -0.39 is 12.4 Å². The average molecular weight is 222 g/mol. The van der Waals surface area contributed by atoms with E-state index in [1.807, 2.05) is 13.8 Å². The van der Waals surface area contributed by atoms with Gasteiger partial charge in [-0.1, -0.05) is 0 Å². The van der Waals surface area contributed by atoms with Gasteiger partial charge in [0.1, 0.15) is 6.10 Å². The van der Waals surface area contributed by atoms with Gasteiger partial charge >= 0.3 is 0 Å². The summed E-state index contributed by atoms with van der Waals surface area (Å²) in [5, 5.41) is 18.2. The van der Waals surface area contributed by atoms with E-state index in [4.69, 9.17) is 19.3 Å². The molecule has 0 rings (SSSR count). The number of rotatable bonds is 10. The topological polar surface area (TPSA) is 68.2 Å². The molecule has 0 fully saturated rings. The second-order valence-corrected chi connectivity index (χ2v) is 2.97. The van der Waals surface area contributed by atoms with E-state index in [2.05, 4.69) is 0 Å². The Kier molecular flexibility index (Phi) is 10.2. The molecule has 0 amide bonds. The fourth-order valence-corrected chi connectivity index (χ4v) is 1.07.